The van der Waals surface area contributed by atoms with E-state index in [2.05, 4.69) is 0 Å². The number of esters is 4. The molecule has 8 nitrogen and oxygen atoms in total. The van der Waals surface area contributed by atoms with E-state index in [1.54, 1.807) is 0 Å². The van der Waals surface area contributed by atoms with Gasteiger partial charge in [-0.1, -0.05) is 25.7 Å². The van der Waals surface area contributed by atoms with E-state index < -0.39 is 42.2 Å². The van der Waals surface area contributed by atoms with E-state index in [9.17, 15) is 19.2 Å². The van der Waals surface area contributed by atoms with Gasteiger partial charge in [-0.15, -0.1) is 0 Å². The molecule has 0 aromatic carbocycles. The Morgan fingerprint density at radius 1 is 0.833 bits per heavy atom. The number of carbonyl (C=O) groups is 4. The molecule has 0 unspecified atom stereocenters. The third kappa shape index (κ3) is 11.0. The van der Waals surface area contributed by atoms with Crippen molar-refractivity contribution in [2.24, 2.45) is 0 Å². The quantitative estimate of drug-likeness (QED) is 0.499. The fourth-order valence-electron chi connectivity index (χ4n) is 3.41. The van der Waals surface area contributed by atoms with Gasteiger partial charge >= 0.3 is 23.9 Å². The van der Waals surface area contributed by atoms with Crippen LogP contribution in [0.1, 0.15) is 79.1 Å². The highest BCUT2D eigenvalue weighted by atomic mass is 16.6. The molecular weight excluding hydrogens is 392 g/mol. The molecule has 0 spiro atoms. The first-order chi connectivity index (χ1) is 14.2. The summed E-state index contributed by atoms with van der Waals surface area (Å²) in [5, 5.41) is 0. The number of carbonyl (C=O) groups excluding carboxylic acids is 4. The van der Waals surface area contributed by atoms with Crippen molar-refractivity contribution in [1.29, 1.82) is 0 Å². The molecule has 1 rings (SSSR count). The first-order valence-corrected chi connectivity index (χ1v) is 10.6. The molecule has 1 aliphatic heterocycles. The molecule has 0 fully saturated rings. The zero-order chi connectivity index (χ0) is 22.5. The van der Waals surface area contributed by atoms with Gasteiger partial charge in [-0.2, -0.15) is 0 Å². The summed E-state index contributed by atoms with van der Waals surface area (Å²) in [4.78, 5) is 47.2. The Hall–Kier alpha value is -2.38. The van der Waals surface area contributed by atoms with Crippen LogP contribution in [0.5, 0.6) is 0 Å². The third-order valence-electron chi connectivity index (χ3n) is 4.70. The number of hydrogen-bond acceptors (Lipinski definition) is 8. The predicted octanol–water partition coefficient (Wildman–Crippen LogP) is 3.40. The van der Waals surface area contributed by atoms with E-state index in [-0.39, 0.29) is 6.10 Å². The Morgan fingerprint density at radius 3 is 1.93 bits per heavy atom. The van der Waals surface area contributed by atoms with Crippen LogP contribution in [0.3, 0.4) is 0 Å². The maximum atomic E-state index is 12.2. The molecule has 0 aliphatic carbocycles. The van der Waals surface area contributed by atoms with Crippen LogP contribution in [-0.2, 0) is 38.1 Å². The SMILES string of the molecule is CC(=O)O[C@@H]1[C@@H](OC(C)=O)/C=C/C(=O)O[C@H](C)CCCCCCCC[C@@H]1OC(C)=O. The molecule has 0 saturated heterocycles. The number of ether oxygens (including phenoxy) is 4. The Morgan fingerprint density at radius 2 is 1.37 bits per heavy atom. The number of cyclic esters (lactones) is 1. The first-order valence-electron chi connectivity index (χ1n) is 10.6. The number of hydrogen-bond donors (Lipinski definition) is 0. The summed E-state index contributed by atoms with van der Waals surface area (Å²) in [6.07, 6.45) is 6.22. The van der Waals surface area contributed by atoms with Gasteiger partial charge in [0.05, 0.1) is 6.10 Å². The van der Waals surface area contributed by atoms with Crippen molar-refractivity contribution in [2.75, 3.05) is 0 Å². The molecule has 0 aromatic heterocycles. The minimum atomic E-state index is -1.11. The normalized spacial score (nSPS) is 27.9. The maximum Gasteiger partial charge on any atom is 0.330 e. The molecule has 0 saturated carbocycles. The monoisotopic (exact) mass is 426 g/mol. The molecular formula is C22H34O8. The first kappa shape index (κ1) is 25.7. The second-order valence-corrected chi connectivity index (χ2v) is 7.60. The van der Waals surface area contributed by atoms with E-state index in [1.807, 2.05) is 6.92 Å². The lowest BCUT2D eigenvalue weighted by Gasteiger charge is -2.30. The van der Waals surface area contributed by atoms with Crippen LogP contribution in [0.25, 0.3) is 0 Å². The van der Waals surface area contributed by atoms with Gasteiger partial charge in [0.2, 0.25) is 0 Å². The van der Waals surface area contributed by atoms with Gasteiger partial charge in [0.1, 0.15) is 6.10 Å². The van der Waals surface area contributed by atoms with Crippen molar-refractivity contribution >= 4 is 23.9 Å². The standard InChI is InChI=1S/C22H34O8/c1-15-11-9-7-5-6-8-10-12-19(28-16(2)23)22(30-18(4)25)20(29-17(3)24)13-14-21(26)27-15/h13-15,19-20,22H,5-12H2,1-4H3/b14-13+/t15-,19+,20+,22+/m1/s1. The molecule has 0 bridgehead atoms. The van der Waals surface area contributed by atoms with Crippen molar-refractivity contribution < 1.29 is 38.1 Å². The Labute approximate surface area is 178 Å². The van der Waals surface area contributed by atoms with Crippen LogP contribution in [0.15, 0.2) is 12.2 Å². The molecule has 1 heterocycles. The second-order valence-electron chi connectivity index (χ2n) is 7.60. The molecule has 0 amide bonds. The fraction of sp³-hybridized carbons (Fsp3) is 0.727. The fourth-order valence-corrected chi connectivity index (χ4v) is 3.41. The van der Waals surface area contributed by atoms with Crippen molar-refractivity contribution in [1.82, 2.24) is 0 Å². The highest BCUT2D eigenvalue weighted by Gasteiger charge is 2.35. The second kappa shape index (κ2) is 13.8. The van der Waals surface area contributed by atoms with Gasteiger partial charge in [0.25, 0.3) is 0 Å². The van der Waals surface area contributed by atoms with Gasteiger partial charge in [-0.25, -0.2) is 4.79 Å². The van der Waals surface area contributed by atoms with Crippen LogP contribution in [0, 0.1) is 0 Å². The minimum Gasteiger partial charge on any atom is -0.460 e. The molecule has 0 aromatic rings. The Balaban J connectivity index is 3.19. The van der Waals surface area contributed by atoms with Gasteiger partial charge < -0.3 is 18.9 Å². The largest absolute Gasteiger partial charge is 0.460 e. The van der Waals surface area contributed by atoms with Gasteiger partial charge in [-0.05, 0) is 38.7 Å². The van der Waals surface area contributed by atoms with E-state index in [4.69, 9.17) is 18.9 Å². The third-order valence-corrected chi connectivity index (χ3v) is 4.70. The molecule has 0 N–H and O–H groups in total. The van der Waals surface area contributed by atoms with Crippen molar-refractivity contribution in [3.8, 4) is 0 Å². The molecule has 8 heteroatoms. The Kier molecular flexibility index (Phi) is 11.8. The van der Waals surface area contributed by atoms with Crippen molar-refractivity contribution in [2.45, 2.75) is 103 Å². The van der Waals surface area contributed by atoms with Gasteiger partial charge in [0, 0.05) is 26.8 Å². The van der Waals surface area contributed by atoms with Crippen LogP contribution in [0.4, 0.5) is 0 Å². The van der Waals surface area contributed by atoms with Crippen LogP contribution in [0.2, 0.25) is 0 Å². The maximum absolute atomic E-state index is 12.2. The lowest BCUT2D eigenvalue weighted by Crippen LogP contribution is -2.44. The van der Waals surface area contributed by atoms with Gasteiger partial charge in [-0.3, -0.25) is 14.4 Å². The predicted molar refractivity (Wildman–Crippen MR) is 108 cm³/mol. The highest BCUT2D eigenvalue weighted by Crippen LogP contribution is 2.21. The van der Waals surface area contributed by atoms with E-state index in [0.717, 1.165) is 51.0 Å². The molecule has 170 valence electrons. The summed E-state index contributed by atoms with van der Waals surface area (Å²) in [6, 6.07) is 0. The highest BCUT2D eigenvalue weighted by molar-refractivity contribution is 5.82. The summed E-state index contributed by atoms with van der Waals surface area (Å²) >= 11 is 0. The molecule has 0 radical (unpaired) electrons. The van der Waals surface area contributed by atoms with E-state index in [1.165, 1.54) is 26.8 Å². The van der Waals surface area contributed by atoms with Crippen LogP contribution < -0.4 is 0 Å². The molecule has 1 aliphatic rings. The number of rotatable bonds is 3. The summed E-state index contributed by atoms with van der Waals surface area (Å²) in [5.74, 6) is -2.37. The average molecular weight is 427 g/mol. The average Bonchev–Trinajstić information content (AvgIpc) is 2.63. The van der Waals surface area contributed by atoms with Crippen molar-refractivity contribution in [3.63, 3.8) is 0 Å². The lowest BCUT2D eigenvalue weighted by molar-refractivity contribution is -0.179. The van der Waals surface area contributed by atoms with Crippen LogP contribution in [-0.4, -0.2) is 48.3 Å². The summed E-state index contributed by atoms with van der Waals surface area (Å²) in [6.45, 7) is 5.52. The summed E-state index contributed by atoms with van der Waals surface area (Å²) in [5.41, 5.74) is 0. The lowest BCUT2D eigenvalue weighted by atomic mass is 9.99. The smallest absolute Gasteiger partial charge is 0.330 e. The van der Waals surface area contributed by atoms with Gasteiger partial charge in [0.15, 0.2) is 12.2 Å². The zero-order valence-corrected chi connectivity index (χ0v) is 18.4. The van der Waals surface area contributed by atoms with Crippen molar-refractivity contribution in [3.05, 3.63) is 12.2 Å². The zero-order valence-electron chi connectivity index (χ0n) is 18.4. The summed E-state index contributed by atoms with van der Waals surface area (Å²) < 4.78 is 21.4. The van der Waals surface area contributed by atoms with E-state index in [0.29, 0.717) is 6.42 Å². The summed E-state index contributed by atoms with van der Waals surface area (Å²) in [7, 11) is 0. The Bertz CT molecular complexity index is 612. The molecule has 30 heavy (non-hydrogen) atoms. The van der Waals surface area contributed by atoms with E-state index >= 15 is 0 Å². The van der Waals surface area contributed by atoms with Crippen LogP contribution >= 0.6 is 0 Å². The topological polar surface area (TPSA) is 105 Å². The molecule has 4 atom stereocenters. The minimum absolute atomic E-state index is 0.236.